The molecule has 3 rings (SSSR count). The normalized spacial score (nSPS) is 24.8. The van der Waals surface area contributed by atoms with Crippen molar-refractivity contribution in [2.75, 3.05) is 13.2 Å². The van der Waals surface area contributed by atoms with E-state index in [1.807, 2.05) is 0 Å². The number of fused-ring (bicyclic) bond motifs is 2. The largest absolute Gasteiger partial charge is 0.456 e. The Balaban J connectivity index is 1.29. The molecule has 0 saturated heterocycles. The minimum absolute atomic E-state index is 0.219. The molecule has 2 bridgehead atoms. The first-order chi connectivity index (χ1) is 11.6. The average molecular weight is 333 g/mol. The molecule has 1 amide bonds. The van der Waals surface area contributed by atoms with Crippen molar-refractivity contribution in [1.82, 2.24) is 5.32 Å². The van der Waals surface area contributed by atoms with Crippen LogP contribution in [-0.2, 0) is 20.7 Å². The van der Waals surface area contributed by atoms with Crippen LogP contribution in [0.25, 0.3) is 0 Å². The summed E-state index contributed by atoms with van der Waals surface area (Å²) >= 11 is 0. The number of ether oxygens (including phenoxy) is 1. The molecule has 1 aromatic rings. The molecule has 0 aliphatic heterocycles. The second-order valence-electron chi connectivity index (χ2n) is 7.03. The van der Waals surface area contributed by atoms with Crippen LogP contribution in [0.4, 0.5) is 4.39 Å². The van der Waals surface area contributed by atoms with Crippen molar-refractivity contribution in [3.05, 3.63) is 35.6 Å². The summed E-state index contributed by atoms with van der Waals surface area (Å²) in [5.41, 5.74) is 0.949. The first kappa shape index (κ1) is 16.9. The number of amides is 1. The fourth-order valence-corrected chi connectivity index (χ4v) is 4.09. The molecular formula is C19H24FNO3. The molecule has 0 heterocycles. The average Bonchev–Trinajstić information content (AvgIpc) is 3.18. The van der Waals surface area contributed by atoms with Crippen molar-refractivity contribution in [3.63, 3.8) is 0 Å². The monoisotopic (exact) mass is 333 g/mol. The molecule has 0 unspecified atom stereocenters. The molecule has 2 aliphatic carbocycles. The smallest absolute Gasteiger partial charge is 0.306 e. The Bertz CT molecular complexity index is 587. The van der Waals surface area contributed by atoms with Crippen LogP contribution >= 0.6 is 0 Å². The molecule has 2 saturated carbocycles. The zero-order valence-corrected chi connectivity index (χ0v) is 13.8. The highest BCUT2D eigenvalue weighted by atomic mass is 19.1. The van der Waals surface area contributed by atoms with Gasteiger partial charge in [-0.2, -0.15) is 0 Å². The number of carbonyl (C=O) groups is 2. The van der Waals surface area contributed by atoms with E-state index in [-0.39, 0.29) is 24.3 Å². The number of hydrogen-bond donors (Lipinski definition) is 1. The summed E-state index contributed by atoms with van der Waals surface area (Å²) in [5.74, 6) is 1.12. The third kappa shape index (κ3) is 4.56. The van der Waals surface area contributed by atoms with Gasteiger partial charge in [0.25, 0.3) is 5.91 Å². The maximum atomic E-state index is 12.8. The van der Waals surface area contributed by atoms with Crippen molar-refractivity contribution in [2.45, 2.75) is 38.5 Å². The van der Waals surface area contributed by atoms with Gasteiger partial charge in [0.15, 0.2) is 6.61 Å². The fraction of sp³-hybridized carbons (Fsp3) is 0.579. The minimum Gasteiger partial charge on any atom is -0.456 e. The maximum absolute atomic E-state index is 12.8. The Morgan fingerprint density at radius 1 is 1.17 bits per heavy atom. The van der Waals surface area contributed by atoms with Gasteiger partial charge in [-0.15, -0.1) is 0 Å². The molecule has 5 heteroatoms. The quantitative estimate of drug-likeness (QED) is 0.781. The van der Waals surface area contributed by atoms with E-state index in [1.54, 1.807) is 12.1 Å². The number of nitrogens with one attached hydrogen (secondary N) is 1. The Morgan fingerprint density at radius 2 is 1.96 bits per heavy atom. The number of esters is 1. The lowest BCUT2D eigenvalue weighted by Gasteiger charge is -2.20. The number of rotatable bonds is 7. The van der Waals surface area contributed by atoms with E-state index >= 15 is 0 Å². The second kappa shape index (κ2) is 7.77. The molecule has 4 nitrogen and oxygen atoms in total. The summed E-state index contributed by atoms with van der Waals surface area (Å²) in [6.45, 7) is 0.220. The highest BCUT2D eigenvalue weighted by Gasteiger charge is 2.40. The summed E-state index contributed by atoms with van der Waals surface area (Å²) in [7, 11) is 0. The molecule has 0 aromatic heterocycles. The van der Waals surface area contributed by atoms with Gasteiger partial charge in [-0.25, -0.2) is 4.39 Å². The van der Waals surface area contributed by atoms with Gasteiger partial charge in [-0.05, 0) is 61.1 Å². The summed E-state index contributed by atoms with van der Waals surface area (Å²) in [5, 5.41) is 2.71. The molecule has 2 aliphatic rings. The number of carbonyl (C=O) groups excluding carboxylic acids is 2. The highest BCUT2D eigenvalue weighted by Crippen LogP contribution is 2.49. The van der Waals surface area contributed by atoms with E-state index in [9.17, 15) is 14.0 Å². The molecule has 3 atom stereocenters. The van der Waals surface area contributed by atoms with E-state index in [4.69, 9.17) is 4.74 Å². The number of halogens is 1. The highest BCUT2D eigenvalue weighted by molar-refractivity contribution is 5.80. The van der Waals surface area contributed by atoms with Gasteiger partial charge in [0.05, 0.1) is 0 Å². The number of benzene rings is 1. The van der Waals surface area contributed by atoms with Crippen molar-refractivity contribution >= 4 is 11.9 Å². The Morgan fingerprint density at radius 3 is 2.62 bits per heavy atom. The van der Waals surface area contributed by atoms with Crippen molar-refractivity contribution in [2.24, 2.45) is 17.8 Å². The maximum Gasteiger partial charge on any atom is 0.306 e. The van der Waals surface area contributed by atoms with Crippen LogP contribution in [0.3, 0.4) is 0 Å². The molecule has 24 heavy (non-hydrogen) atoms. The predicted molar refractivity (Wildman–Crippen MR) is 87.6 cm³/mol. The lowest BCUT2D eigenvalue weighted by Crippen LogP contribution is -2.31. The van der Waals surface area contributed by atoms with Gasteiger partial charge in [0.1, 0.15) is 5.82 Å². The summed E-state index contributed by atoms with van der Waals surface area (Å²) in [4.78, 5) is 23.6. The van der Waals surface area contributed by atoms with E-state index in [1.165, 1.54) is 31.4 Å². The van der Waals surface area contributed by atoms with E-state index in [0.717, 1.165) is 17.9 Å². The van der Waals surface area contributed by atoms with E-state index < -0.39 is 0 Å². The van der Waals surface area contributed by atoms with E-state index in [2.05, 4.69) is 5.32 Å². The van der Waals surface area contributed by atoms with Crippen LogP contribution in [0.1, 0.15) is 37.7 Å². The van der Waals surface area contributed by atoms with Gasteiger partial charge < -0.3 is 10.1 Å². The van der Waals surface area contributed by atoms with Gasteiger partial charge in [-0.3, -0.25) is 9.59 Å². The first-order valence-electron chi connectivity index (χ1n) is 8.77. The molecule has 0 spiro atoms. The van der Waals surface area contributed by atoms with Crippen LogP contribution in [-0.4, -0.2) is 25.0 Å². The van der Waals surface area contributed by atoms with Crippen LogP contribution < -0.4 is 5.32 Å². The third-order valence-electron chi connectivity index (χ3n) is 5.33. The molecule has 1 N–H and O–H groups in total. The standard InChI is InChI=1S/C19H24FNO3/c20-17-5-2-13(3-6-17)7-8-21-18(22)12-24-19(23)11-16-10-14-1-4-15(16)9-14/h2-3,5-6,14-16H,1,4,7-12H2,(H,21,22)/t14-,15-,16-/m1/s1. The SMILES string of the molecule is O=C(COC(=O)C[C@H]1C[C@@H]2CC[C@@H]1C2)NCCc1ccc(F)cc1. The van der Waals surface area contributed by atoms with Crippen molar-refractivity contribution < 1.29 is 18.7 Å². The second-order valence-corrected chi connectivity index (χ2v) is 7.03. The van der Waals surface area contributed by atoms with Crippen molar-refractivity contribution in [3.8, 4) is 0 Å². The molecule has 1 aromatic carbocycles. The van der Waals surface area contributed by atoms with Gasteiger partial charge in [0, 0.05) is 13.0 Å². The van der Waals surface area contributed by atoms with Crippen molar-refractivity contribution in [1.29, 1.82) is 0 Å². The molecule has 2 fully saturated rings. The van der Waals surface area contributed by atoms with Crippen LogP contribution in [0, 0.1) is 23.6 Å². The molecule has 130 valence electrons. The Labute approximate surface area is 141 Å². The summed E-state index contributed by atoms with van der Waals surface area (Å²) in [6, 6.07) is 6.18. The van der Waals surface area contributed by atoms with Crippen LogP contribution in [0.15, 0.2) is 24.3 Å². The zero-order valence-electron chi connectivity index (χ0n) is 13.8. The van der Waals surface area contributed by atoms with Crippen LogP contribution in [0.5, 0.6) is 0 Å². The molecular weight excluding hydrogens is 309 g/mol. The minimum atomic E-state index is -0.293. The van der Waals surface area contributed by atoms with Crippen LogP contribution in [0.2, 0.25) is 0 Å². The Hall–Kier alpha value is -1.91. The topological polar surface area (TPSA) is 55.4 Å². The van der Waals surface area contributed by atoms with E-state index in [0.29, 0.717) is 31.2 Å². The molecule has 0 radical (unpaired) electrons. The zero-order chi connectivity index (χ0) is 16.9. The van der Waals surface area contributed by atoms with Gasteiger partial charge >= 0.3 is 5.97 Å². The summed E-state index contributed by atoms with van der Waals surface area (Å²) < 4.78 is 17.9. The Kier molecular flexibility index (Phi) is 5.48. The summed E-state index contributed by atoms with van der Waals surface area (Å²) in [6.07, 6.45) is 6.03. The lowest BCUT2D eigenvalue weighted by atomic mass is 9.86. The first-order valence-corrected chi connectivity index (χ1v) is 8.77. The van der Waals surface area contributed by atoms with Gasteiger partial charge in [0.2, 0.25) is 0 Å². The van der Waals surface area contributed by atoms with Gasteiger partial charge in [-0.1, -0.05) is 18.6 Å². The predicted octanol–water partition coefficient (Wildman–Crippen LogP) is 2.85. The number of hydrogen-bond acceptors (Lipinski definition) is 3. The lowest BCUT2D eigenvalue weighted by molar-refractivity contribution is -0.149. The fourth-order valence-electron chi connectivity index (χ4n) is 4.09. The third-order valence-corrected chi connectivity index (χ3v) is 5.33.